The summed E-state index contributed by atoms with van der Waals surface area (Å²) in [4.78, 5) is 31.8. The molecule has 5 rings (SSSR count). The van der Waals surface area contributed by atoms with E-state index in [1.165, 1.54) is 18.4 Å². The van der Waals surface area contributed by atoms with Crippen molar-refractivity contribution in [2.24, 2.45) is 5.92 Å². The van der Waals surface area contributed by atoms with Crippen molar-refractivity contribution in [1.82, 2.24) is 15.2 Å². The van der Waals surface area contributed by atoms with Crippen LogP contribution in [0.4, 0.5) is 4.39 Å². The van der Waals surface area contributed by atoms with Crippen molar-refractivity contribution >= 4 is 11.8 Å². The third-order valence-corrected chi connectivity index (χ3v) is 6.86. The molecule has 0 bridgehead atoms. The fourth-order valence-corrected chi connectivity index (χ4v) is 4.95. The Balaban J connectivity index is 1.31. The van der Waals surface area contributed by atoms with Crippen molar-refractivity contribution < 1.29 is 23.1 Å². The molecule has 3 aromatic carbocycles. The number of hydrogen-bond acceptors (Lipinski definition) is 5. The number of aromatic nitrogens is 1. The van der Waals surface area contributed by atoms with Crippen LogP contribution in [0.15, 0.2) is 83.5 Å². The molecule has 4 aromatic rings. The Morgan fingerprint density at radius 3 is 2.70 bits per heavy atom. The van der Waals surface area contributed by atoms with E-state index in [-0.39, 0.29) is 41.7 Å². The maximum atomic E-state index is 14.2. The molecule has 0 saturated heterocycles. The molecule has 2 heterocycles. The van der Waals surface area contributed by atoms with E-state index in [4.69, 9.17) is 9.15 Å². The Morgan fingerprint density at radius 1 is 1.10 bits per heavy atom. The molecule has 40 heavy (non-hydrogen) atoms. The Bertz CT molecular complexity index is 1480. The van der Waals surface area contributed by atoms with E-state index in [1.54, 1.807) is 6.07 Å². The number of ether oxygens (including phenoxy) is 1. The number of benzene rings is 3. The van der Waals surface area contributed by atoms with Crippen molar-refractivity contribution in [2.75, 3.05) is 6.54 Å². The van der Waals surface area contributed by atoms with Gasteiger partial charge in [-0.25, -0.2) is 9.37 Å². The molecular weight excluding hydrogens is 509 g/mol. The van der Waals surface area contributed by atoms with Crippen LogP contribution in [0.5, 0.6) is 5.75 Å². The number of amides is 2. The van der Waals surface area contributed by atoms with Gasteiger partial charge in [0.2, 0.25) is 11.8 Å². The highest BCUT2D eigenvalue weighted by molar-refractivity contribution is 5.91. The molecule has 1 aromatic heterocycles. The minimum absolute atomic E-state index is 0.0192. The predicted molar refractivity (Wildman–Crippen MR) is 148 cm³/mol. The van der Waals surface area contributed by atoms with E-state index in [2.05, 4.69) is 10.3 Å². The molecule has 206 valence electrons. The van der Waals surface area contributed by atoms with Gasteiger partial charge < -0.3 is 19.4 Å². The molecule has 0 spiro atoms. The average molecular weight is 542 g/mol. The van der Waals surface area contributed by atoms with Crippen LogP contribution in [0.2, 0.25) is 0 Å². The fourth-order valence-electron chi connectivity index (χ4n) is 4.95. The molecular formula is C32H32FN3O4. The van der Waals surface area contributed by atoms with Crippen molar-refractivity contribution in [3.8, 4) is 5.75 Å². The molecule has 2 amide bonds. The van der Waals surface area contributed by atoms with Gasteiger partial charge in [0.1, 0.15) is 17.8 Å². The Labute approximate surface area is 233 Å². The second-order valence-electron chi connectivity index (χ2n) is 10.3. The van der Waals surface area contributed by atoms with Gasteiger partial charge in [0, 0.05) is 19.5 Å². The quantitative estimate of drug-likeness (QED) is 0.288. The van der Waals surface area contributed by atoms with E-state index >= 15 is 0 Å². The highest BCUT2D eigenvalue weighted by Gasteiger charge is 2.32. The summed E-state index contributed by atoms with van der Waals surface area (Å²) in [7, 11) is 0. The second-order valence-corrected chi connectivity index (χ2v) is 10.3. The van der Waals surface area contributed by atoms with E-state index in [0.29, 0.717) is 37.2 Å². The van der Waals surface area contributed by atoms with Crippen molar-refractivity contribution in [1.29, 1.82) is 0 Å². The van der Waals surface area contributed by atoms with Crippen LogP contribution in [0.25, 0.3) is 0 Å². The van der Waals surface area contributed by atoms with E-state index < -0.39 is 6.04 Å². The van der Waals surface area contributed by atoms with E-state index in [0.717, 1.165) is 16.7 Å². The first-order valence-electron chi connectivity index (χ1n) is 13.4. The largest absolute Gasteiger partial charge is 0.484 e. The molecule has 0 fully saturated rings. The van der Waals surface area contributed by atoms with Gasteiger partial charge in [-0.1, -0.05) is 62.4 Å². The van der Waals surface area contributed by atoms with Crippen LogP contribution < -0.4 is 10.1 Å². The standard InChI is InChI=1S/C32H32FN3O4/c1-21(2)15-30(37)36-14-13-23-11-12-26(17-27(23)31(36)24-9-6-10-25(33)16-24)39-20-29-35-28(19-40-29)32(38)34-18-22-7-4-3-5-8-22/h3-12,16-17,19,21,31H,13-15,18,20H2,1-2H3,(H,34,38). The first-order chi connectivity index (χ1) is 19.4. The summed E-state index contributed by atoms with van der Waals surface area (Å²) in [5, 5.41) is 2.82. The smallest absolute Gasteiger partial charge is 0.273 e. The summed E-state index contributed by atoms with van der Waals surface area (Å²) >= 11 is 0. The maximum Gasteiger partial charge on any atom is 0.273 e. The molecule has 1 N–H and O–H groups in total. The van der Waals surface area contributed by atoms with E-state index in [1.807, 2.05) is 73.3 Å². The number of oxazole rings is 1. The lowest BCUT2D eigenvalue weighted by atomic mass is 9.87. The number of halogens is 1. The Morgan fingerprint density at radius 2 is 1.93 bits per heavy atom. The molecule has 1 aliphatic heterocycles. The number of carbonyl (C=O) groups is 2. The Kier molecular flexibility index (Phi) is 8.24. The van der Waals surface area contributed by atoms with Crippen LogP contribution in [-0.4, -0.2) is 28.2 Å². The van der Waals surface area contributed by atoms with Crippen LogP contribution in [0, 0.1) is 11.7 Å². The number of nitrogens with one attached hydrogen (secondary N) is 1. The van der Waals surface area contributed by atoms with Gasteiger partial charge in [0.05, 0.1) is 6.04 Å². The average Bonchev–Trinajstić information content (AvgIpc) is 3.43. The van der Waals surface area contributed by atoms with Crippen LogP contribution in [0.3, 0.4) is 0 Å². The van der Waals surface area contributed by atoms with Crippen molar-refractivity contribution in [2.45, 2.75) is 45.9 Å². The normalized spacial score (nSPS) is 14.6. The van der Waals surface area contributed by atoms with Gasteiger partial charge >= 0.3 is 0 Å². The fraction of sp³-hybridized carbons (Fsp3) is 0.281. The lowest BCUT2D eigenvalue weighted by Gasteiger charge is -2.38. The molecule has 7 nitrogen and oxygen atoms in total. The highest BCUT2D eigenvalue weighted by atomic mass is 19.1. The summed E-state index contributed by atoms with van der Waals surface area (Å²) in [6, 6.07) is 21.3. The lowest BCUT2D eigenvalue weighted by Crippen LogP contribution is -2.41. The first-order valence-corrected chi connectivity index (χ1v) is 13.4. The van der Waals surface area contributed by atoms with Crippen molar-refractivity contribution in [3.05, 3.63) is 119 Å². The molecule has 0 radical (unpaired) electrons. The first kappa shape index (κ1) is 27.1. The topological polar surface area (TPSA) is 84.7 Å². The molecule has 8 heteroatoms. The summed E-state index contributed by atoms with van der Waals surface area (Å²) in [5.74, 6) is 0.393. The second kappa shape index (κ2) is 12.2. The number of carbonyl (C=O) groups excluding carboxylic acids is 2. The zero-order valence-corrected chi connectivity index (χ0v) is 22.6. The summed E-state index contributed by atoms with van der Waals surface area (Å²) < 4.78 is 25.7. The number of nitrogens with zero attached hydrogens (tertiary/aromatic N) is 2. The zero-order chi connectivity index (χ0) is 28.1. The van der Waals surface area contributed by atoms with Gasteiger partial charge in [0.15, 0.2) is 12.3 Å². The van der Waals surface area contributed by atoms with Gasteiger partial charge in [-0.15, -0.1) is 0 Å². The zero-order valence-electron chi connectivity index (χ0n) is 22.6. The van der Waals surface area contributed by atoms with Crippen LogP contribution in [-0.2, 0) is 24.4 Å². The van der Waals surface area contributed by atoms with Gasteiger partial charge in [-0.2, -0.15) is 0 Å². The Hall–Kier alpha value is -4.46. The third kappa shape index (κ3) is 6.39. The number of rotatable bonds is 9. The molecule has 1 aliphatic rings. The summed E-state index contributed by atoms with van der Waals surface area (Å²) in [6.07, 6.45) is 2.43. The number of hydrogen-bond donors (Lipinski definition) is 1. The maximum absolute atomic E-state index is 14.2. The summed E-state index contributed by atoms with van der Waals surface area (Å²) in [5.41, 5.74) is 3.86. The van der Waals surface area contributed by atoms with Crippen molar-refractivity contribution in [3.63, 3.8) is 0 Å². The minimum atomic E-state index is -0.420. The molecule has 1 unspecified atom stereocenters. The minimum Gasteiger partial charge on any atom is -0.484 e. The van der Waals surface area contributed by atoms with Gasteiger partial charge in [-0.05, 0) is 58.9 Å². The van der Waals surface area contributed by atoms with E-state index in [9.17, 15) is 14.0 Å². The highest BCUT2D eigenvalue weighted by Crippen LogP contribution is 2.38. The molecule has 0 saturated carbocycles. The number of fused-ring (bicyclic) bond motifs is 1. The van der Waals surface area contributed by atoms with Crippen LogP contribution in [0.1, 0.15) is 64.9 Å². The monoisotopic (exact) mass is 541 g/mol. The third-order valence-electron chi connectivity index (χ3n) is 6.86. The molecule has 0 aliphatic carbocycles. The van der Waals surface area contributed by atoms with Crippen LogP contribution >= 0.6 is 0 Å². The predicted octanol–water partition coefficient (Wildman–Crippen LogP) is 5.84. The van der Waals surface area contributed by atoms with Gasteiger partial charge in [-0.3, -0.25) is 9.59 Å². The van der Waals surface area contributed by atoms with Gasteiger partial charge in [0.25, 0.3) is 5.91 Å². The molecule has 1 atom stereocenters. The SMILES string of the molecule is CC(C)CC(=O)N1CCc2ccc(OCc3nc(C(=O)NCc4ccccc4)co3)cc2C1c1cccc(F)c1. The lowest BCUT2D eigenvalue weighted by molar-refractivity contribution is -0.134. The summed E-state index contributed by atoms with van der Waals surface area (Å²) in [6.45, 7) is 4.99.